The first kappa shape index (κ1) is 25.0. The quantitative estimate of drug-likeness (QED) is 0.369. The lowest BCUT2D eigenvalue weighted by Crippen LogP contribution is -2.31. The van der Waals surface area contributed by atoms with Crippen LogP contribution < -0.4 is 4.72 Å². The van der Waals surface area contributed by atoms with E-state index in [2.05, 4.69) is 0 Å². The Balaban J connectivity index is 1.71. The van der Waals surface area contributed by atoms with Gasteiger partial charge in [0.1, 0.15) is 5.75 Å². The second-order valence-electron chi connectivity index (χ2n) is 8.38. The van der Waals surface area contributed by atoms with E-state index in [0.717, 1.165) is 33.8 Å². The van der Waals surface area contributed by atoms with Crippen molar-refractivity contribution in [2.24, 2.45) is 0 Å². The van der Waals surface area contributed by atoms with Crippen LogP contribution in [0, 0.1) is 20.8 Å². The van der Waals surface area contributed by atoms with E-state index in [-0.39, 0.29) is 17.3 Å². The normalized spacial score (nSPS) is 11.3. The lowest BCUT2D eigenvalue weighted by Gasteiger charge is -2.13. The summed E-state index contributed by atoms with van der Waals surface area (Å²) >= 11 is 0. The Morgan fingerprint density at radius 3 is 2.25 bits per heavy atom. The fourth-order valence-corrected chi connectivity index (χ4v) is 5.25. The van der Waals surface area contributed by atoms with Crippen molar-refractivity contribution >= 4 is 16.1 Å². The zero-order valence-electron chi connectivity index (χ0n) is 20.4. The molecule has 0 bridgehead atoms. The maximum atomic E-state index is 12.9. The number of sulfonamides is 1. The summed E-state index contributed by atoms with van der Waals surface area (Å²) in [6.45, 7) is 7.43. The number of nitrogens with one attached hydrogen (secondary N) is 1. The molecule has 0 fully saturated rings. The van der Waals surface area contributed by atoms with Crippen LogP contribution in [0.25, 0.3) is 27.9 Å². The average molecular weight is 506 g/mol. The van der Waals surface area contributed by atoms with Crippen molar-refractivity contribution in [3.63, 3.8) is 0 Å². The van der Waals surface area contributed by atoms with Crippen LogP contribution in [0.4, 0.5) is 4.79 Å². The highest BCUT2D eigenvalue weighted by Gasteiger charge is 2.23. The maximum absolute atomic E-state index is 12.9. The van der Waals surface area contributed by atoms with Gasteiger partial charge in [-0.25, -0.2) is 22.6 Å². The standard InChI is InChI=1S/C27H27N3O5S/c1-5-35-27(32)29-36(33,34)25-15-6-17(2)16-24(25)20-7-11-22(12-8-20)30-19(4)26(18(3)28-30)21-9-13-23(31)14-10-21/h6-16,31H,5H2,1-4H3,(H,29,32). The van der Waals surface area contributed by atoms with E-state index in [1.165, 1.54) is 6.07 Å². The molecule has 8 nitrogen and oxygen atoms in total. The number of aromatic hydroxyl groups is 1. The predicted octanol–water partition coefficient (Wildman–Crippen LogP) is 5.27. The Hall–Kier alpha value is -4.11. The first-order valence-corrected chi connectivity index (χ1v) is 12.9. The van der Waals surface area contributed by atoms with Crippen molar-refractivity contribution in [3.8, 4) is 33.7 Å². The Labute approximate surface area is 210 Å². The van der Waals surface area contributed by atoms with Gasteiger partial charge in [-0.2, -0.15) is 5.10 Å². The van der Waals surface area contributed by atoms with Gasteiger partial charge < -0.3 is 9.84 Å². The highest BCUT2D eigenvalue weighted by atomic mass is 32.2. The number of aryl methyl sites for hydroxylation is 2. The number of phenols is 1. The fourth-order valence-electron chi connectivity index (χ4n) is 4.15. The molecule has 2 N–H and O–H groups in total. The van der Waals surface area contributed by atoms with E-state index in [9.17, 15) is 18.3 Å². The summed E-state index contributed by atoms with van der Waals surface area (Å²) in [5, 5.41) is 14.3. The van der Waals surface area contributed by atoms with Crippen LogP contribution >= 0.6 is 0 Å². The smallest absolute Gasteiger partial charge is 0.421 e. The van der Waals surface area contributed by atoms with Gasteiger partial charge in [0, 0.05) is 16.8 Å². The largest absolute Gasteiger partial charge is 0.508 e. The molecule has 36 heavy (non-hydrogen) atoms. The molecule has 0 aliphatic heterocycles. The number of phenolic OH excluding ortho intramolecular Hbond substituents is 1. The average Bonchev–Trinajstić information content (AvgIpc) is 3.13. The number of hydrogen-bond donors (Lipinski definition) is 2. The van der Waals surface area contributed by atoms with Gasteiger partial charge in [-0.3, -0.25) is 0 Å². The monoisotopic (exact) mass is 505 g/mol. The number of ether oxygens (including phenoxy) is 1. The lowest BCUT2D eigenvalue weighted by atomic mass is 10.0. The highest BCUT2D eigenvalue weighted by Crippen LogP contribution is 2.32. The fraction of sp³-hybridized carbons (Fsp3) is 0.185. The minimum absolute atomic E-state index is 0.0189. The summed E-state index contributed by atoms with van der Waals surface area (Å²) in [5.74, 6) is 0.201. The third kappa shape index (κ3) is 4.96. The molecule has 186 valence electrons. The van der Waals surface area contributed by atoms with Crippen molar-refractivity contribution in [2.75, 3.05) is 6.61 Å². The van der Waals surface area contributed by atoms with Crippen molar-refractivity contribution in [3.05, 3.63) is 83.7 Å². The van der Waals surface area contributed by atoms with Crippen molar-refractivity contribution in [1.82, 2.24) is 14.5 Å². The van der Waals surface area contributed by atoms with E-state index in [4.69, 9.17) is 9.84 Å². The Kier molecular flexibility index (Phi) is 6.85. The van der Waals surface area contributed by atoms with E-state index in [1.54, 1.807) is 31.2 Å². The summed E-state index contributed by atoms with van der Waals surface area (Å²) in [5.41, 5.74) is 6.55. The molecule has 0 aliphatic rings. The first-order chi connectivity index (χ1) is 17.1. The van der Waals surface area contributed by atoms with Crippen LogP contribution in [0.15, 0.2) is 71.6 Å². The Bertz CT molecular complexity index is 1520. The molecule has 0 unspecified atom stereocenters. The predicted molar refractivity (Wildman–Crippen MR) is 138 cm³/mol. The lowest BCUT2D eigenvalue weighted by molar-refractivity contribution is 0.158. The molecule has 0 atom stereocenters. The molecule has 1 amide bonds. The van der Waals surface area contributed by atoms with Crippen LogP contribution in [0.3, 0.4) is 0 Å². The van der Waals surface area contributed by atoms with E-state index >= 15 is 0 Å². The van der Waals surface area contributed by atoms with Crippen LogP contribution in [0.5, 0.6) is 5.75 Å². The van der Waals surface area contributed by atoms with Crippen LogP contribution in [0.2, 0.25) is 0 Å². The number of carbonyl (C=O) groups is 1. The summed E-state index contributed by atoms with van der Waals surface area (Å²) < 4.78 is 34.4. The third-order valence-corrected chi connectivity index (χ3v) is 7.16. The number of carbonyl (C=O) groups excluding carboxylic acids is 1. The maximum Gasteiger partial charge on any atom is 0.421 e. The SMILES string of the molecule is CCOC(=O)NS(=O)(=O)c1ccc(C)cc1-c1ccc(-n2nc(C)c(-c3ccc(O)cc3)c2C)cc1. The molecule has 0 saturated heterocycles. The Morgan fingerprint density at radius 1 is 0.972 bits per heavy atom. The van der Waals surface area contributed by atoms with Crippen LogP contribution in [0.1, 0.15) is 23.9 Å². The number of rotatable bonds is 6. The molecular formula is C27H27N3O5S. The third-order valence-electron chi connectivity index (χ3n) is 5.79. The highest BCUT2D eigenvalue weighted by molar-refractivity contribution is 7.90. The summed E-state index contributed by atoms with van der Waals surface area (Å²) in [4.78, 5) is 11.8. The van der Waals surface area contributed by atoms with Gasteiger partial charge in [0.15, 0.2) is 0 Å². The number of benzene rings is 3. The number of amides is 1. The molecule has 3 aromatic carbocycles. The van der Waals surface area contributed by atoms with Gasteiger partial charge in [0.2, 0.25) is 0 Å². The molecule has 4 rings (SSSR count). The first-order valence-electron chi connectivity index (χ1n) is 11.4. The molecule has 0 radical (unpaired) electrons. The molecule has 1 heterocycles. The van der Waals surface area contributed by atoms with Gasteiger partial charge in [-0.05, 0) is 69.2 Å². The van der Waals surface area contributed by atoms with E-state index < -0.39 is 16.1 Å². The topological polar surface area (TPSA) is 111 Å². The van der Waals surface area contributed by atoms with Gasteiger partial charge in [0.25, 0.3) is 10.0 Å². The minimum Gasteiger partial charge on any atom is -0.508 e. The van der Waals surface area contributed by atoms with E-state index in [1.807, 2.05) is 66.6 Å². The van der Waals surface area contributed by atoms with Crippen molar-refractivity contribution in [1.29, 1.82) is 0 Å². The molecule has 4 aromatic rings. The zero-order valence-corrected chi connectivity index (χ0v) is 21.3. The zero-order chi connectivity index (χ0) is 26.0. The second kappa shape index (κ2) is 9.87. The number of hydrogen-bond acceptors (Lipinski definition) is 6. The molecule has 1 aromatic heterocycles. The summed E-state index contributed by atoms with van der Waals surface area (Å²) in [6, 6.07) is 19.3. The van der Waals surface area contributed by atoms with Crippen LogP contribution in [-0.2, 0) is 14.8 Å². The van der Waals surface area contributed by atoms with Crippen molar-refractivity contribution < 1.29 is 23.1 Å². The van der Waals surface area contributed by atoms with Gasteiger partial charge >= 0.3 is 6.09 Å². The second-order valence-corrected chi connectivity index (χ2v) is 10.0. The van der Waals surface area contributed by atoms with Crippen molar-refractivity contribution in [2.45, 2.75) is 32.6 Å². The van der Waals surface area contributed by atoms with E-state index in [0.29, 0.717) is 11.1 Å². The number of nitrogens with zero attached hydrogens (tertiary/aromatic N) is 2. The van der Waals surface area contributed by atoms with Gasteiger partial charge in [-0.1, -0.05) is 42.0 Å². The van der Waals surface area contributed by atoms with Crippen LogP contribution in [-0.4, -0.2) is 36.0 Å². The summed E-state index contributed by atoms with van der Waals surface area (Å²) in [6.07, 6.45) is -1.02. The molecule has 0 saturated carbocycles. The Morgan fingerprint density at radius 2 is 1.61 bits per heavy atom. The molecule has 0 aliphatic carbocycles. The minimum atomic E-state index is -4.14. The number of aromatic nitrogens is 2. The summed E-state index contributed by atoms with van der Waals surface area (Å²) in [7, 11) is -4.14. The molecule has 0 spiro atoms. The van der Waals surface area contributed by atoms with Gasteiger partial charge in [0.05, 0.1) is 22.9 Å². The molecule has 9 heteroatoms. The molecular weight excluding hydrogens is 478 g/mol. The van der Waals surface area contributed by atoms with Gasteiger partial charge in [-0.15, -0.1) is 0 Å².